The standard InChI is InChI=1S/C30H36NO5S2.BrH/c1-31(20-22-12-10-21(11-13-22)6-3-9-28(32)35-2)23-14-15-24(31)19-25(18-23)36-29(33)30(34,26-7-4-16-37-26)27-8-5-17-38-27;/h4-5,7-8,10-13,16-17,23-25,34H,3,6,9,14-15,18-20H2,1-2H3;1H/q+1;/p-1/t23-,24+,25?,31?;. The van der Waals surface area contributed by atoms with Crippen molar-refractivity contribution in [3.63, 3.8) is 0 Å². The number of esters is 2. The van der Waals surface area contributed by atoms with Gasteiger partial charge in [0.1, 0.15) is 12.6 Å². The first-order valence-corrected chi connectivity index (χ1v) is 15.1. The van der Waals surface area contributed by atoms with Gasteiger partial charge in [-0.15, -0.1) is 22.7 Å². The average Bonchev–Trinajstić information content (AvgIpc) is 3.67. The minimum absolute atomic E-state index is 0. The number of methoxy groups -OCH3 is 1. The number of hydrogen-bond donors (Lipinski definition) is 1. The number of rotatable bonds is 10. The fourth-order valence-electron chi connectivity index (χ4n) is 6.32. The van der Waals surface area contributed by atoms with Gasteiger partial charge in [0.25, 0.3) is 0 Å². The lowest BCUT2D eigenvalue weighted by Gasteiger charge is -2.47. The first-order chi connectivity index (χ1) is 18.3. The van der Waals surface area contributed by atoms with Crippen molar-refractivity contribution < 1.29 is 45.6 Å². The number of aliphatic hydroxyl groups is 1. The summed E-state index contributed by atoms with van der Waals surface area (Å²) >= 11 is 2.74. The van der Waals surface area contributed by atoms with Crippen LogP contribution in [0, 0.1) is 0 Å². The van der Waals surface area contributed by atoms with Gasteiger partial charge in [-0.3, -0.25) is 4.79 Å². The number of benzene rings is 1. The Bertz CT molecular complexity index is 1180. The van der Waals surface area contributed by atoms with Gasteiger partial charge in [-0.2, -0.15) is 0 Å². The van der Waals surface area contributed by atoms with E-state index in [1.807, 2.05) is 22.9 Å². The van der Waals surface area contributed by atoms with E-state index in [1.54, 1.807) is 12.1 Å². The minimum atomic E-state index is -1.75. The largest absolute Gasteiger partial charge is 1.00 e. The predicted octanol–water partition coefficient (Wildman–Crippen LogP) is 2.43. The molecular weight excluding hydrogens is 598 g/mol. The third-order valence-corrected chi connectivity index (χ3v) is 10.5. The molecule has 0 amide bonds. The number of hydrogen-bond acceptors (Lipinski definition) is 7. The molecule has 0 spiro atoms. The molecule has 0 saturated carbocycles. The third-order valence-electron chi connectivity index (χ3n) is 8.52. The summed E-state index contributed by atoms with van der Waals surface area (Å²) in [5.74, 6) is -0.725. The smallest absolute Gasteiger partial charge is 0.349 e. The molecule has 2 aliphatic rings. The van der Waals surface area contributed by atoms with Gasteiger partial charge in [-0.1, -0.05) is 36.4 Å². The van der Waals surface area contributed by atoms with Crippen LogP contribution in [0.3, 0.4) is 0 Å². The molecule has 4 heterocycles. The number of carbonyl (C=O) groups excluding carboxylic acids is 2. The van der Waals surface area contributed by atoms with Crippen LogP contribution in [0.15, 0.2) is 59.3 Å². The van der Waals surface area contributed by atoms with Crippen LogP contribution in [0.2, 0.25) is 0 Å². The number of quaternary nitrogens is 1. The Kier molecular flexibility index (Phi) is 9.70. The van der Waals surface area contributed by atoms with E-state index >= 15 is 0 Å². The second-order valence-electron chi connectivity index (χ2n) is 10.8. The Morgan fingerprint density at radius 3 is 2.05 bits per heavy atom. The van der Waals surface area contributed by atoms with Gasteiger partial charge in [0.2, 0.25) is 5.60 Å². The van der Waals surface area contributed by atoms with Crippen molar-refractivity contribution in [2.75, 3.05) is 14.2 Å². The zero-order valence-electron chi connectivity index (χ0n) is 22.4. The molecule has 0 radical (unpaired) electrons. The van der Waals surface area contributed by atoms with E-state index in [0.717, 1.165) is 49.6 Å². The molecule has 2 unspecified atom stereocenters. The van der Waals surface area contributed by atoms with Crippen LogP contribution in [0.1, 0.15) is 59.4 Å². The number of carbonyl (C=O) groups is 2. The summed E-state index contributed by atoms with van der Waals surface area (Å²) in [5.41, 5.74) is 0.787. The van der Waals surface area contributed by atoms with Gasteiger partial charge in [-0.05, 0) is 41.3 Å². The van der Waals surface area contributed by atoms with E-state index in [4.69, 9.17) is 9.47 Å². The van der Waals surface area contributed by atoms with Gasteiger partial charge in [0.15, 0.2) is 0 Å². The van der Waals surface area contributed by atoms with Crippen LogP contribution >= 0.6 is 22.7 Å². The van der Waals surface area contributed by atoms with Crippen molar-refractivity contribution in [3.8, 4) is 0 Å². The van der Waals surface area contributed by atoms with Crippen LogP contribution in [0.5, 0.6) is 0 Å². The molecule has 0 aliphatic carbocycles. The molecule has 210 valence electrons. The molecule has 5 rings (SSSR count). The zero-order chi connectivity index (χ0) is 26.8. The molecule has 4 atom stereocenters. The number of halogens is 1. The number of ether oxygens (including phenoxy) is 2. The Hall–Kier alpha value is -2.04. The highest BCUT2D eigenvalue weighted by Gasteiger charge is 2.53. The zero-order valence-corrected chi connectivity index (χ0v) is 25.6. The summed E-state index contributed by atoms with van der Waals surface area (Å²) < 4.78 is 11.8. The number of piperidine rings is 1. The van der Waals surface area contributed by atoms with Crippen molar-refractivity contribution in [1.29, 1.82) is 0 Å². The molecule has 3 aromatic rings. The minimum Gasteiger partial charge on any atom is -1.00 e. The maximum atomic E-state index is 13.5. The van der Waals surface area contributed by atoms with Crippen molar-refractivity contribution >= 4 is 34.6 Å². The van der Waals surface area contributed by atoms with Gasteiger partial charge in [-0.25, -0.2) is 4.79 Å². The van der Waals surface area contributed by atoms with E-state index in [-0.39, 0.29) is 29.1 Å². The van der Waals surface area contributed by atoms with Crippen LogP contribution in [-0.2, 0) is 37.6 Å². The fourth-order valence-corrected chi connectivity index (χ4v) is 8.03. The number of thiophene rings is 2. The normalized spacial score (nSPS) is 24.1. The van der Waals surface area contributed by atoms with Crippen molar-refractivity contribution in [3.05, 3.63) is 80.2 Å². The summed E-state index contributed by atoms with van der Waals surface area (Å²) in [4.78, 5) is 26.0. The Morgan fingerprint density at radius 1 is 0.974 bits per heavy atom. The topological polar surface area (TPSA) is 72.8 Å². The molecule has 1 aromatic carbocycles. The molecule has 39 heavy (non-hydrogen) atoms. The van der Waals surface area contributed by atoms with Crippen molar-refractivity contribution in [2.24, 2.45) is 0 Å². The van der Waals surface area contributed by atoms with E-state index in [9.17, 15) is 14.7 Å². The summed E-state index contributed by atoms with van der Waals surface area (Å²) in [6, 6.07) is 16.9. The third kappa shape index (κ3) is 6.17. The Balaban J connectivity index is 0.00000353. The molecule has 2 aliphatic heterocycles. The second kappa shape index (κ2) is 12.6. The maximum Gasteiger partial charge on any atom is 0.349 e. The molecule has 1 N–H and O–H groups in total. The summed E-state index contributed by atoms with van der Waals surface area (Å²) in [6.45, 7) is 0.951. The molecule has 2 aromatic heterocycles. The lowest BCUT2D eigenvalue weighted by Crippen LogP contribution is -3.00. The van der Waals surface area contributed by atoms with Gasteiger partial charge in [0.05, 0.1) is 36.0 Å². The summed E-state index contributed by atoms with van der Waals surface area (Å²) in [6.07, 6.45) is 5.79. The highest BCUT2D eigenvalue weighted by Crippen LogP contribution is 2.45. The summed E-state index contributed by atoms with van der Waals surface area (Å²) in [7, 11) is 3.77. The SMILES string of the molecule is COC(=O)CCCc1ccc(C[N+]2(C)[C@@H]3CC[C@H]2CC(OC(=O)C(O)(c2cccs2)c2cccs2)C3)cc1.[Br-]. The average molecular weight is 635 g/mol. The summed E-state index contributed by atoms with van der Waals surface area (Å²) in [5, 5.41) is 15.4. The van der Waals surface area contributed by atoms with E-state index in [0.29, 0.717) is 28.3 Å². The highest BCUT2D eigenvalue weighted by atomic mass is 79.9. The van der Waals surface area contributed by atoms with E-state index in [2.05, 4.69) is 31.3 Å². The first kappa shape index (κ1) is 29.9. The first-order valence-electron chi connectivity index (χ1n) is 13.3. The monoisotopic (exact) mass is 633 g/mol. The number of nitrogens with zero attached hydrogens (tertiary/aromatic N) is 1. The number of fused-ring (bicyclic) bond motifs is 2. The lowest BCUT2D eigenvalue weighted by atomic mass is 9.94. The van der Waals surface area contributed by atoms with Gasteiger partial charge in [0, 0.05) is 37.7 Å². The fraction of sp³-hybridized carbons (Fsp3) is 0.467. The van der Waals surface area contributed by atoms with Gasteiger partial charge < -0.3 is 36.0 Å². The second-order valence-corrected chi connectivity index (χ2v) is 12.7. The Labute approximate surface area is 248 Å². The van der Waals surface area contributed by atoms with Crippen LogP contribution in [-0.4, -0.2) is 53.9 Å². The van der Waals surface area contributed by atoms with E-state index < -0.39 is 11.6 Å². The molecule has 2 bridgehead atoms. The van der Waals surface area contributed by atoms with Crippen molar-refractivity contribution in [1.82, 2.24) is 0 Å². The molecule has 2 fully saturated rings. The maximum absolute atomic E-state index is 13.5. The van der Waals surface area contributed by atoms with E-state index in [1.165, 1.54) is 40.9 Å². The van der Waals surface area contributed by atoms with Crippen LogP contribution in [0.25, 0.3) is 0 Å². The highest BCUT2D eigenvalue weighted by molar-refractivity contribution is 7.12. The Morgan fingerprint density at radius 2 is 1.54 bits per heavy atom. The molecule has 2 saturated heterocycles. The number of aryl methyl sites for hydroxylation is 1. The van der Waals surface area contributed by atoms with Crippen LogP contribution < -0.4 is 17.0 Å². The molecular formula is C30H36BrNO5S2. The van der Waals surface area contributed by atoms with Crippen molar-refractivity contribution in [2.45, 2.75) is 75.3 Å². The lowest BCUT2D eigenvalue weighted by molar-refractivity contribution is -0.961. The molecule has 6 nitrogen and oxygen atoms in total. The molecule has 9 heteroatoms. The quantitative estimate of drug-likeness (QED) is 0.274. The predicted molar refractivity (Wildman–Crippen MR) is 149 cm³/mol. The van der Waals surface area contributed by atoms with Crippen LogP contribution in [0.4, 0.5) is 0 Å². The van der Waals surface area contributed by atoms with Gasteiger partial charge >= 0.3 is 11.9 Å².